The van der Waals surface area contributed by atoms with Gasteiger partial charge >= 0.3 is 0 Å². The Kier molecular flexibility index (Phi) is 3.50. The van der Waals surface area contributed by atoms with Crippen LogP contribution in [-0.4, -0.2) is 44.8 Å². The minimum absolute atomic E-state index is 0.355. The fourth-order valence-electron chi connectivity index (χ4n) is 1.70. The van der Waals surface area contributed by atoms with Crippen LogP contribution in [0.4, 0.5) is 0 Å². The van der Waals surface area contributed by atoms with E-state index in [1.165, 1.54) is 13.0 Å². The van der Waals surface area contributed by atoms with E-state index >= 15 is 0 Å². The lowest BCUT2D eigenvalue weighted by atomic mass is 9.90. The summed E-state index contributed by atoms with van der Waals surface area (Å²) in [6.07, 6.45) is 1.23. The molecule has 2 N–H and O–H groups in total. The zero-order valence-electron chi connectivity index (χ0n) is 8.18. The molecule has 0 spiro atoms. The molecule has 0 aliphatic carbocycles. The lowest BCUT2D eigenvalue weighted by Crippen LogP contribution is -2.32. The molecule has 3 heteroatoms. The number of methoxy groups -OCH3 is 1. The Hall–Kier alpha value is -0.120. The Morgan fingerprint density at radius 3 is 2.83 bits per heavy atom. The van der Waals surface area contributed by atoms with Crippen LogP contribution < -0.4 is 5.73 Å². The van der Waals surface area contributed by atoms with Gasteiger partial charge in [-0.2, -0.15) is 0 Å². The number of hydrogen-bond donors (Lipinski definition) is 1. The van der Waals surface area contributed by atoms with Crippen molar-refractivity contribution in [3.63, 3.8) is 0 Å². The van der Waals surface area contributed by atoms with Crippen LogP contribution in [-0.2, 0) is 4.74 Å². The quantitative estimate of drug-likeness (QED) is 0.663. The van der Waals surface area contributed by atoms with Crippen molar-refractivity contribution in [2.45, 2.75) is 13.3 Å². The molecule has 1 rings (SSSR count). The van der Waals surface area contributed by atoms with E-state index in [2.05, 4.69) is 11.8 Å². The van der Waals surface area contributed by atoms with E-state index in [0.717, 1.165) is 26.2 Å². The SMILES string of the molecule is COCCN1CCC(C)(CN)C1. The second-order valence-corrected chi connectivity index (χ2v) is 4.03. The molecule has 1 aliphatic rings. The van der Waals surface area contributed by atoms with Crippen LogP contribution >= 0.6 is 0 Å². The second kappa shape index (κ2) is 4.21. The van der Waals surface area contributed by atoms with Gasteiger partial charge in [0, 0.05) is 20.2 Å². The maximum absolute atomic E-state index is 5.70. The van der Waals surface area contributed by atoms with Crippen molar-refractivity contribution in [3.8, 4) is 0 Å². The van der Waals surface area contributed by atoms with Crippen molar-refractivity contribution >= 4 is 0 Å². The molecule has 0 radical (unpaired) electrons. The molecule has 3 nitrogen and oxygen atoms in total. The van der Waals surface area contributed by atoms with E-state index in [1.54, 1.807) is 7.11 Å². The Morgan fingerprint density at radius 1 is 1.58 bits per heavy atom. The predicted molar refractivity (Wildman–Crippen MR) is 50.1 cm³/mol. The number of nitrogens with two attached hydrogens (primary N) is 1. The highest BCUT2D eigenvalue weighted by atomic mass is 16.5. The first-order chi connectivity index (χ1) is 5.70. The zero-order valence-corrected chi connectivity index (χ0v) is 8.18. The highest BCUT2D eigenvalue weighted by molar-refractivity contribution is 4.86. The Morgan fingerprint density at radius 2 is 2.33 bits per heavy atom. The Balaban J connectivity index is 2.25. The van der Waals surface area contributed by atoms with Crippen LogP contribution in [0.5, 0.6) is 0 Å². The van der Waals surface area contributed by atoms with Crippen molar-refractivity contribution in [1.82, 2.24) is 4.90 Å². The standard InChI is InChI=1S/C9H20N2O/c1-9(7-10)3-4-11(8-9)5-6-12-2/h3-8,10H2,1-2H3. The highest BCUT2D eigenvalue weighted by Gasteiger charge is 2.31. The van der Waals surface area contributed by atoms with Gasteiger partial charge in [0.15, 0.2) is 0 Å². The second-order valence-electron chi connectivity index (χ2n) is 4.03. The fraction of sp³-hybridized carbons (Fsp3) is 1.00. The number of hydrogen-bond acceptors (Lipinski definition) is 3. The summed E-state index contributed by atoms with van der Waals surface area (Å²) < 4.78 is 5.03. The van der Waals surface area contributed by atoms with E-state index in [-0.39, 0.29) is 0 Å². The number of likely N-dealkylation sites (tertiary alicyclic amines) is 1. The van der Waals surface area contributed by atoms with Crippen LogP contribution in [0.25, 0.3) is 0 Å². The summed E-state index contributed by atoms with van der Waals surface area (Å²) in [4.78, 5) is 2.43. The van der Waals surface area contributed by atoms with Gasteiger partial charge in [-0.05, 0) is 24.9 Å². The summed E-state index contributed by atoms with van der Waals surface area (Å²) in [6.45, 7) is 7.26. The molecule has 0 bridgehead atoms. The molecule has 1 unspecified atom stereocenters. The normalized spacial score (nSPS) is 31.2. The van der Waals surface area contributed by atoms with E-state index < -0.39 is 0 Å². The van der Waals surface area contributed by atoms with Gasteiger partial charge in [0.05, 0.1) is 6.61 Å². The van der Waals surface area contributed by atoms with Crippen LogP contribution in [0.1, 0.15) is 13.3 Å². The Labute approximate surface area is 74.9 Å². The van der Waals surface area contributed by atoms with Gasteiger partial charge in [0.2, 0.25) is 0 Å². The molecule has 72 valence electrons. The van der Waals surface area contributed by atoms with Crippen LogP contribution in [0.15, 0.2) is 0 Å². The molecule has 1 atom stereocenters. The smallest absolute Gasteiger partial charge is 0.0589 e. The van der Waals surface area contributed by atoms with E-state index in [9.17, 15) is 0 Å². The molecule has 0 aromatic carbocycles. The van der Waals surface area contributed by atoms with Crippen molar-refractivity contribution in [2.24, 2.45) is 11.1 Å². The molecule has 0 aromatic heterocycles. The summed E-state index contributed by atoms with van der Waals surface area (Å²) >= 11 is 0. The van der Waals surface area contributed by atoms with Crippen LogP contribution in [0.3, 0.4) is 0 Å². The molecular formula is C9H20N2O. The van der Waals surface area contributed by atoms with Crippen LogP contribution in [0, 0.1) is 5.41 Å². The molecule has 1 aliphatic heterocycles. The maximum Gasteiger partial charge on any atom is 0.0589 e. The number of nitrogens with zero attached hydrogens (tertiary/aromatic N) is 1. The first-order valence-corrected chi connectivity index (χ1v) is 4.61. The summed E-state index contributed by atoms with van der Waals surface area (Å²) in [5, 5.41) is 0. The first-order valence-electron chi connectivity index (χ1n) is 4.61. The molecule has 0 amide bonds. The summed E-state index contributed by atoms with van der Waals surface area (Å²) in [7, 11) is 1.75. The molecule has 0 aromatic rings. The molecular weight excluding hydrogens is 152 g/mol. The van der Waals surface area contributed by atoms with E-state index in [1.807, 2.05) is 0 Å². The van der Waals surface area contributed by atoms with Gasteiger partial charge in [0.1, 0.15) is 0 Å². The fourth-order valence-corrected chi connectivity index (χ4v) is 1.70. The van der Waals surface area contributed by atoms with Crippen molar-refractivity contribution in [2.75, 3.05) is 39.9 Å². The molecule has 12 heavy (non-hydrogen) atoms. The summed E-state index contributed by atoms with van der Waals surface area (Å²) in [6, 6.07) is 0. The minimum atomic E-state index is 0.355. The average Bonchev–Trinajstić information content (AvgIpc) is 2.45. The predicted octanol–water partition coefficient (Wildman–Crippen LogP) is 0.304. The molecule has 1 fully saturated rings. The third-order valence-electron chi connectivity index (χ3n) is 2.74. The minimum Gasteiger partial charge on any atom is -0.383 e. The van der Waals surface area contributed by atoms with Gasteiger partial charge in [-0.25, -0.2) is 0 Å². The molecule has 1 saturated heterocycles. The number of rotatable bonds is 4. The topological polar surface area (TPSA) is 38.5 Å². The summed E-state index contributed by atoms with van der Waals surface area (Å²) in [5.41, 5.74) is 6.06. The lowest BCUT2D eigenvalue weighted by Gasteiger charge is -2.22. The maximum atomic E-state index is 5.70. The van der Waals surface area contributed by atoms with Crippen molar-refractivity contribution < 1.29 is 4.74 Å². The summed E-state index contributed by atoms with van der Waals surface area (Å²) in [5.74, 6) is 0. The number of ether oxygens (including phenoxy) is 1. The highest BCUT2D eigenvalue weighted by Crippen LogP contribution is 2.27. The Bertz CT molecular complexity index is 138. The van der Waals surface area contributed by atoms with Gasteiger partial charge in [-0.1, -0.05) is 6.92 Å². The van der Waals surface area contributed by atoms with Gasteiger partial charge in [-0.3, -0.25) is 0 Å². The first kappa shape index (κ1) is 9.96. The van der Waals surface area contributed by atoms with Crippen molar-refractivity contribution in [1.29, 1.82) is 0 Å². The third-order valence-corrected chi connectivity index (χ3v) is 2.74. The van der Waals surface area contributed by atoms with Crippen molar-refractivity contribution in [3.05, 3.63) is 0 Å². The zero-order chi connectivity index (χ0) is 9.03. The molecule has 0 saturated carbocycles. The van der Waals surface area contributed by atoms with Crippen LogP contribution in [0.2, 0.25) is 0 Å². The van der Waals surface area contributed by atoms with E-state index in [4.69, 9.17) is 10.5 Å². The lowest BCUT2D eigenvalue weighted by molar-refractivity contribution is 0.154. The van der Waals surface area contributed by atoms with Gasteiger partial charge in [0.25, 0.3) is 0 Å². The van der Waals surface area contributed by atoms with Gasteiger partial charge < -0.3 is 15.4 Å². The van der Waals surface area contributed by atoms with Gasteiger partial charge in [-0.15, -0.1) is 0 Å². The largest absolute Gasteiger partial charge is 0.383 e. The third kappa shape index (κ3) is 2.44. The average molecular weight is 172 g/mol. The monoisotopic (exact) mass is 172 g/mol. The molecule has 1 heterocycles. The van der Waals surface area contributed by atoms with E-state index in [0.29, 0.717) is 5.41 Å².